The van der Waals surface area contributed by atoms with Crippen molar-refractivity contribution in [2.24, 2.45) is 4.99 Å². The summed E-state index contributed by atoms with van der Waals surface area (Å²) in [6.07, 6.45) is 2.18. The molecule has 2 aliphatic heterocycles. The highest BCUT2D eigenvalue weighted by Crippen LogP contribution is 2.24. The average molecular weight is 349 g/mol. The number of hydrogen-bond acceptors (Lipinski definition) is 5. The second kappa shape index (κ2) is 7.88. The van der Waals surface area contributed by atoms with Crippen molar-refractivity contribution in [3.63, 3.8) is 0 Å². The fraction of sp³-hybridized carbons (Fsp3) is 0.438. The Morgan fingerprint density at radius 3 is 2.78 bits per heavy atom. The van der Waals surface area contributed by atoms with Crippen LogP contribution < -0.4 is 5.32 Å². The Balaban J connectivity index is 1.62. The van der Waals surface area contributed by atoms with E-state index in [0.29, 0.717) is 16.5 Å². The number of aliphatic imine (C=N–C) groups is 1. The largest absolute Gasteiger partial charge is 0.342 e. The summed E-state index contributed by atoms with van der Waals surface area (Å²) >= 11 is 2.99. The third-order valence-corrected chi connectivity index (χ3v) is 5.70. The molecule has 2 heterocycles. The average Bonchev–Trinajstić information content (AvgIpc) is 3.26. The fourth-order valence-electron chi connectivity index (χ4n) is 2.55. The van der Waals surface area contributed by atoms with Gasteiger partial charge in [0.1, 0.15) is 0 Å². The molecule has 0 unspecified atom stereocenters. The molecular formula is C16H19N3O2S2. The summed E-state index contributed by atoms with van der Waals surface area (Å²) in [7, 11) is 0. The number of amidine groups is 1. The monoisotopic (exact) mass is 349 g/mol. The van der Waals surface area contributed by atoms with Gasteiger partial charge in [-0.1, -0.05) is 23.9 Å². The second-order valence-corrected chi connectivity index (χ2v) is 7.46. The molecule has 0 radical (unpaired) electrons. The van der Waals surface area contributed by atoms with E-state index in [4.69, 9.17) is 0 Å². The first kappa shape index (κ1) is 16.4. The van der Waals surface area contributed by atoms with Crippen molar-refractivity contribution in [2.75, 3.05) is 31.1 Å². The Bertz CT molecular complexity index is 628. The van der Waals surface area contributed by atoms with Crippen LogP contribution in [0.3, 0.4) is 0 Å². The maximum absolute atomic E-state index is 12.4. The van der Waals surface area contributed by atoms with Crippen LogP contribution in [0.5, 0.6) is 0 Å². The van der Waals surface area contributed by atoms with Gasteiger partial charge in [-0.2, -0.15) is 0 Å². The molecule has 0 aromatic heterocycles. The lowest BCUT2D eigenvalue weighted by atomic mass is 10.2. The van der Waals surface area contributed by atoms with Crippen molar-refractivity contribution in [2.45, 2.75) is 17.7 Å². The molecule has 2 aliphatic rings. The molecule has 1 fully saturated rings. The minimum absolute atomic E-state index is 0.151. The predicted octanol–water partition coefficient (Wildman–Crippen LogP) is 2.23. The molecule has 1 aromatic rings. The van der Waals surface area contributed by atoms with Crippen LogP contribution in [0.4, 0.5) is 0 Å². The third-order valence-electron chi connectivity index (χ3n) is 3.75. The molecule has 3 rings (SSSR count). The van der Waals surface area contributed by atoms with Crippen LogP contribution in [-0.2, 0) is 4.79 Å². The van der Waals surface area contributed by atoms with E-state index in [1.54, 1.807) is 17.8 Å². The van der Waals surface area contributed by atoms with E-state index in [1.165, 1.54) is 11.8 Å². The first-order chi connectivity index (χ1) is 11.2. The van der Waals surface area contributed by atoms with Crippen LogP contribution in [-0.4, -0.2) is 53.0 Å². The summed E-state index contributed by atoms with van der Waals surface area (Å²) in [6.45, 7) is 2.47. The van der Waals surface area contributed by atoms with Crippen LogP contribution in [0.15, 0.2) is 34.2 Å². The van der Waals surface area contributed by atoms with Crippen LogP contribution >= 0.6 is 23.5 Å². The van der Waals surface area contributed by atoms with Gasteiger partial charge >= 0.3 is 0 Å². The highest BCUT2D eigenvalue weighted by molar-refractivity contribution is 8.14. The van der Waals surface area contributed by atoms with Crippen molar-refractivity contribution in [1.29, 1.82) is 0 Å². The number of thioether (sulfide) groups is 2. The number of benzene rings is 1. The van der Waals surface area contributed by atoms with E-state index in [-0.39, 0.29) is 11.8 Å². The highest BCUT2D eigenvalue weighted by atomic mass is 32.2. The zero-order valence-corrected chi connectivity index (χ0v) is 14.4. The molecule has 0 bridgehead atoms. The van der Waals surface area contributed by atoms with E-state index in [1.807, 2.05) is 23.1 Å². The van der Waals surface area contributed by atoms with Gasteiger partial charge in [0.2, 0.25) is 5.91 Å². The number of nitrogens with zero attached hydrogens (tertiary/aromatic N) is 2. The van der Waals surface area contributed by atoms with E-state index in [2.05, 4.69) is 10.3 Å². The molecule has 0 atom stereocenters. The Hall–Kier alpha value is -1.47. The molecule has 7 heteroatoms. The summed E-state index contributed by atoms with van der Waals surface area (Å²) in [5.74, 6) is 1.28. The minimum Gasteiger partial charge on any atom is -0.342 e. The van der Waals surface area contributed by atoms with Crippen molar-refractivity contribution in [3.8, 4) is 0 Å². The van der Waals surface area contributed by atoms with Gasteiger partial charge in [-0.25, -0.2) is 0 Å². The van der Waals surface area contributed by atoms with Crippen molar-refractivity contribution < 1.29 is 9.59 Å². The summed E-state index contributed by atoms with van der Waals surface area (Å²) in [6, 6.07) is 7.41. The van der Waals surface area contributed by atoms with Gasteiger partial charge in [0.05, 0.1) is 17.9 Å². The van der Waals surface area contributed by atoms with Gasteiger partial charge in [0.25, 0.3) is 5.91 Å². The van der Waals surface area contributed by atoms with Crippen molar-refractivity contribution in [3.05, 3.63) is 29.8 Å². The number of carbonyl (C=O) groups is 2. The third kappa shape index (κ3) is 4.29. The van der Waals surface area contributed by atoms with Crippen LogP contribution in [0.25, 0.3) is 0 Å². The van der Waals surface area contributed by atoms with Gasteiger partial charge in [-0.05, 0) is 25.0 Å². The molecule has 1 saturated heterocycles. The molecule has 2 amide bonds. The normalized spacial score (nSPS) is 17.2. The Morgan fingerprint density at radius 1 is 1.26 bits per heavy atom. The molecule has 0 saturated carbocycles. The lowest BCUT2D eigenvalue weighted by Gasteiger charge is -2.15. The number of carbonyl (C=O) groups excluding carboxylic acids is 2. The second-order valence-electron chi connectivity index (χ2n) is 5.36. The molecule has 1 N–H and O–H groups in total. The van der Waals surface area contributed by atoms with Crippen LogP contribution in [0, 0.1) is 0 Å². The predicted molar refractivity (Wildman–Crippen MR) is 95.2 cm³/mol. The van der Waals surface area contributed by atoms with Gasteiger partial charge in [0.15, 0.2) is 5.17 Å². The quantitative estimate of drug-likeness (QED) is 0.847. The Kier molecular flexibility index (Phi) is 5.61. The van der Waals surface area contributed by atoms with E-state index in [0.717, 1.165) is 43.1 Å². The highest BCUT2D eigenvalue weighted by Gasteiger charge is 2.20. The molecule has 0 aliphatic carbocycles. The number of amides is 2. The smallest absolute Gasteiger partial charge is 0.258 e. The van der Waals surface area contributed by atoms with Gasteiger partial charge in [0, 0.05) is 23.7 Å². The van der Waals surface area contributed by atoms with Gasteiger partial charge < -0.3 is 10.2 Å². The van der Waals surface area contributed by atoms with Gasteiger partial charge in [-0.15, -0.1) is 11.8 Å². The van der Waals surface area contributed by atoms with Crippen molar-refractivity contribution >= 4 is 40.5 Å². The molecule has 0 spiro atoms. The molecular weight excluding hydrogens is 330 g/mol. The van der Waals surface area contributed by atoms with E-state index in [9.17, 15) is 9.59 Å². The maximum Gasteiger partial charge on any atom is 0.258 e. The number of nitrogens with one attached hydrogen (secondary N) is 1. The first-order valence-corrected chi connectivity index (χ1v) is 9.69. The van der Waals surface area contributed by atoms with Crippen LogP contribution in [0.2, 0.25) is 0 Å². The molecule has 5 nitrogen and oxygen atoms in total. The van der Waals surface area contributed by atoms with Crippen LogP contribution in [0.1, 0.15) is 23.2 Å². The molecule has 1 aromatic carbocycles. The lowest BCUT2D eigenvalue weighted by molar-refractivity contribution is -0.127. The number of rotatable bonds is 4. The SMILES string of the molecule is O=C(NC1=NCCS1)c1ccccc1SCC(=O)N1CCCC1. The summed E-state index contributed by atoms with van der Waals surface area (Å²) in [5.41, 5.74) is 0.599. The summed E-state index contributed by atoms with van der Waals surface area (Å²) in [4.78, 5) is 31.5. The lowest BCUT2D eigenvalue weighted by Crippen LogP contribution is -2.29. The standard InChI is InChI=1S/C16H19N3O2S2/c20-14(19-8-3-4-9-19)11-23-13-6-2-1-5-12(13)15(21)18-16-17-7-10-22-16/h1-2,5-6H,3-4,7-11H2,(H,17,18,21). The number of hydrogen-bond donors (Lipinski definition) is 1. The maximum atomic E-state index is 12.4. The fourth-order valence-corrected chi connectivity index (χ4v) is 4.23. The molecule has 23 heavy (non-hydrogen) atoms. The Morgan fingerprint density at radius 2 is 2.04 bits per heavy atom. The van der Waals surface area contributed by atoms with Gasteiger partial charge in [-0.3, -0.25) is 14.6 Å². The van der Waals surface area contributed by atoms with Crippen molar-refractivity contribution in [1.82, 2.24) is 10.2 Å². The van der Waals surface area contributed by atoms with E-state index >= 15 is 0 Å². The zero-order chi connectivity index (χ0) is 16.1. The zero-order valence-electron chi connectivity index (χ0n) is 12.8. The number of likely N-dealkylation sites (tertiary alicyclic amines) is 1. The first-order valence-electron chi connectivity index (χ1n) is 7.72. The summed E-state index contributed by atoms with van der Waals surface area (Å²) in [5, 5.41) is 3.53. The van der Waals surface area contributed by atoms with E-state index < -0.39 is 0 Å². The Labute approximate surface area is 144 Å². The summed E-state index contributed by atoms with van der Waals surface area (Å²) < 4.78 is 0. The topological polar surface area (TPSA) is 61.8 Å². The minimum atomic E-state index is -0.158. The molecule has 122 valence electrons.